The van der Waals surface area contributed by atoms with Crippen LogP contribution in [-0.2, 0) is 0 Å². The highest BCUT2D eigenvalue weighted by Gasteiger charge is 1.93. The minimum Gasteiger partial charge on any atom is -0.338 e. The van der Waals surface area contributed by atoms with Crippen molar-refractivity contribution in [3.8, 4) is 0 Å². The Balaban J connectivity index is 3.17. The normalized spacial score (nSPS) is 12.0. The predicted octanol–water partition coefficient (Wildman–Crippen LogP) is 2.26. The van der Waals surface area contributed by atoms with Gasteiger partial charge in [0.1, 0.15) is 0 Å². The van der Waals surface area contributed by atoms with Crippen LogP contribution in [0.25, 0.3) is 0 Å². The van der Waals surface area contributed by atoms with Crippen molar-refractivity contribution in [1.82, 2.24) is 0 Å². The third kappa shape index (κ3) is 4.00. The van der Waals surface area contributed by atoms with Crippen LogP contribution < -0.4 is 0 Å². The van der Waals surface area contributed by atoms with Crippen LogP contribution in [0.2, 0.25) is 0 Å². The summed E-state index contributed by atoms with van der Waals surface area (Å²) in [6.07, 6.45) is 1.16. The van der Waals surface area contributed by atoms with Gasteiger partial charge in [-0.15, -0.1) is 0 Å². The van der Waals surface area contributed by atoms with E-state index in [2.05, 4.69) is 27.7 Å². The summed E-state index contributed by atoms with van der Waals surface area (Å²) >= 11 is 0. The zero-order chi connectivity index (χ0) is 5.21. The zero-order valence-electron chi connectivity index (χ0n) is 4.91. The monoisotopic (exact) mass is 85.1 g/mol. The topological polar surface area (TPSA) is 0 Å². The Hall–Kier alpha value is 0. The minimum atomic E-state index is 0.292. The SMILES string of the molecule is [CH2-]C(C)(C)CC. The maximum atomic E-state index is 3.89. The second-order valence-corrected chi connectivity index (χ2v) is 2.52. The van der Waals surface area contributed by atoms with Crippen molar-refractivity contribution in [2.24, 2.45) is 5.41 Å². The molecule has 0 heterocycles. The highest BCUT2D eigenvalue weighted by atomic mass is 14.1. The van der Waals surface area contributed by atoms with Gasteiger partial charge in [-0.05, 0) is 0 Å². The fourth-order valence-corrected chi connectivity index (χ4v) is 0. The van der Waals surface area contributed by atoms with Crippen molar-refractivity contribution in [3.05, 3.63) is 6.92 Å². The molecule has 0 aromatic heterocycles. The van der Waals surface area contributed by atoms with Crippen molar-refractivity contribution in [2.75, 3.05) is 0 Å². The van der Waals surface area contributed by atoms with E-state index in [0.29, 0.717) is 5.41 Å². The second-order valence-electron chi connectivity index (χ2n) is 2.52. The summed E-state index contributed by atoms with van der Waals surface area (Å²) in [5.41, 5.74) is 0.292. The molecule has 0 fully saturated rings. The molecule has 0 radical (unpaired) electrons. The molecule has 0 aliphatic carbocycles. The first-order chi connectivity index (χ1) is 2.56. The van der Waals surface area contributed by atoms with Crippen LogP contribution in [0.15, 0.2) is 0 Å². The van der Waals surface area contributed by atoms with Crippen LogP contribution in [0, 0.1) is 12.3 Å². The highest BCUT2D eigenvalue weighted by Crippen LogP contribution is 2.15. The van der Waals surface area contributed by atoms with E-state index in [-0.39, 0.29) is 0 Å². The lowest BCUT2D eigenvalue weighted by Gasteiger charge is -2.22. The van der Waals surface area contributed by atoms with Gasteiger partial charge in [-0.3, -0.25) is 0 Å². The minimum absolute atomic E-state index is 0.292. The van der Waals surface area contributed by atoms with Gasteiger partial charge in [0.25, 0.3) is 0 Å². The van der Waals surface area contributed by atoms with E-state index in [9.17, 15) is 0 Å². The fourth-order valence-electron chi connectivity index (χ4n) is 0. The van der Waals surface area contributed by atoms with E-state index < -0.39 is 0 Å². The largest absolute Gasteiger partial charge is 0.338 e. The predicted molar refractivity (Wildman–Crippen MR) is 29.4 cm³/mol. The first-order valence-corrected chi connectivity index (χ1v) is 2.41. The van der Waals surface area contributed by atoms with Gasteiger partial charge < -0.3 is 6.92 Å². The maximum absolute atomic E-state index is 3.89. The summed E-state index contributed by atoms with van der Waals surface area (Å²) in [7, 11) is 0. The van der Waals surface area contributed by atoms with Crippen LogP contribution >= 0.6 is 0 Å². The third-order valence-electron chi connectivity index (χ3n) is 0.957. The van der Waals surface area contributed by atoms with E-state index in [1.165, 1.54) is 0 Å². The zero-order valence-corrected chi connectivity index (χ0v) is 4.91. The lowest BCUT2D eigenvalue weighted by molar-refractivity contribution is 0.457. The van der Waals surface area contributed by atoms with Gasteiger partial charge in [-0.1, -0.05) is 27.2 Å². The molecule has 0 saturated heterocycles. The Labute approximate surface area is 40.6 Å². The molecule has 0 aromatic rings. The summed E-state index contributed by atoms with van der Waals surface area (Å²) in [4.78, 5) is 0. The van der Waals surface area contributed by atoms with Gasteiger partial charge >= 0.3 is 0 Å². The van der Waals surface area contributed by atoms with Gasteiger partial charge in [-0.2, -0.15) is 5.41 Å². The molecule has 0 spiro atoms. The maximum Gasteiger partial charge on any atom is -0.0673 e. The summed E-state index contributed by atoms with van der Waals surface area (Å²) < 4.78 is 0. The first-order valence-electron chi connectivity index (χ1n) is 2.41. The summed E-state index contributed by atoms with van der Waals surface area (Å²) in [5.74, 6) is 0. The molecule has 0 saturated carbocycles. The molecule has 0 nitrogen and oxygen atoms in total. The molecule has 0 aliphatic rings. The van der Waals surface area contributed by atoms with E-state index in [1.807, 2.05) is 0 Å². The number of hydrogen-bond donors (Lipinski definition) is 0. The molecule has 6 heavy (non-hydrogen) atoms. The average molecular weight is 85.2 g/mol. The van der Waals surface area contributed by atoms with Crippen molar-refractivity contribution < 1.29 is 0 Å². The molecule has 0 aliphatic heterocycles. The Morgan fingerprint density at radius 1 is 1.50 bits per heavy atom. The van der Waals surface area contributed by atoms with Gasteiger partial charge in [0.15, 0.2) is 0 Å². The summed E-state index contributed by atoms with van der Waals surface area (Å²) in [5, 5.41) is 0. The van der Waals surface area contributed by atoms with Gasteiger partial charge in [0.05, 0.1) is 0 Å². The average Bonchev–Trinajstić information content (AvgIpc) is 1.35. The molecule has 0 heteroatoms. The lowest BCUT2D eigenvalue weighted by atomic mass is 9.94. The van der Waals surface area contributed by atoms with Crippen molar-refractivity contribution >= 4 is 0 Å². The Morgan fingerprint density at radius 2 is 1.67 bits per heavy atom. The van der Waals surface area contributed by atoms with Crippen molar-refractivity contribution in [3.63, 3.8) is 0 Å². The molecule has 0 rings (SSSR count). The van der Waals surface area contributed by atoms with E-state index in [4.69, 9.17) is 0 Å². The van der Waals surface area contributed by atoms with Crippen molar-refractivity contribution in [2.45, 2.75) is 27.2 Å². The quantitative estimate of drug-likeness (QED) is 0.428. The Bertz CT molecular complexity index is 29.8. The molecule has 0 bridgehead atoms. The summed E-state index contributed by atoms with van der Waals surface area (Å²) in [6.45, 7) is 10.3. The standard InChI is InChI=1S/C6H13/c1-5-6(2,3)4/h2,5H2,1,3-4H3/q-1. The third-order valence-corrected chi connectivity index (χ3v) is 0.957. The van der Waals surface area contributed by atoms with Gasteiger partial charge in [-0.25, -0.2) is 0 Å². The molecule has 0 atom stereocenters. The molecular weight excluding hydrogens is 72.1 g/mol. The molecule has 0 aromatic carbocycles. The van der Waals surface area contributed by atoms with Gasteiger partial charge in [0.2, 0.25) is 0 Å². The van der Waals surface area contributed by atoms with Crippen LogP contribution in [0.5, 0.6) is 0 Å². The van der Waals surface area contributed by atoms with E-state index in [1.54, 1.807) is 0 Å². The first kappa shape index (κ1) is 6.00. The van der Waals surface area contributed by atoms with Crippen LogP contribution in [0.3, 0.4) is 0 Å². The lowest BCUT2D eigenvalue weighted by Crippen LogP contribution is -2.00. The second kappa shape index (κ2) is 1.63. The molecule has 0 unspecified atom stereocenters. The van der Waals surface area contributed by atoms with E-state index in [0.717, 1.165) is 6.42 Å². The van der Waals surface area contributed by atoms with Gasteiger partial charge in [0, 0.05) is 0 Å². The smallest absolute Gasteiger partial charge is 0.0673 e. The molecular formula is C6H13-. The highest BCUT2D eigenvalue weighted by molar-refractivity contribution is 4.66. The number of hydrogen-bond acceptors (Lipinski definition) is 0. The fraction of sp³-hybridized carbons (Fsp3) is 0.833. The van der Waals surface area contributed by atoms with Crippen LogP contribution in [0.1, 0.15) is 27.2 Å². The Kier molecular flexibility index (Phi) is 1.63. The van der Waals surface area contributed by atoms with Crippen molar-refractivity contribution in [1.29, 1.82) is 0 Å². The molecule has 0 amide bonds. The van der Waals surface area contributed by atoms with Crippen LogP contribution in [-0.4, -0.2) is 0 Å². The van der Waals surface area contributed by atoms with Crippen LogP contribution in [0.4, 0.5) is 0 Å². The molecule has 38 valence electrons. The number of rotatable bonds is 1. The Morgan fingerprint density at radius 3 is 1.67 bits per heavy atom. The summed E-state index contributed by atoms with van der Waals surface area (Å²) in [6, 6.07) is 0. The molecule has 0 N–H and O–H groups in total. The van der Waals surface area contributed by atoms with E-state index >= 15 is 0 Å².